The Morgan fingerprint density at radius 2 is 2.00 bits per heavy atom. The van der Waals surface area contributed by atoms with Crippen molar-refractivity contribution in [1.82, 2.24) is 15.0 Å². The summed E-state index contributed by atoms with van der Waals surface area (Å²) in [4.78, 5) is 0. The maximum Gasteiger partial charge on any atom is 0.434 e. The number of alkyl halides is 3. The molecule has 1 aromatic rings. The zero-order chi connectivity index (χ0) is 9.35. The average Bonchev–Trinajstić information content (AvgIpc) is 2.29. The Bertz CT molecular complexity index is 282. The van der Waals surface area contributed by atoms with Gasteiger partial charge in [0.05, 0.1) is 0 Å². The lowest BCUT2D eigenvalue weighted by atomic mass is 10.3. The molecule has 8 heteroatoms. The average molecular weight is 217 g/mol. The highest BCUT2D eigenvalue weighted by Gasteiger charge is 2.37. The SMILES string of the molecule is Cl.Cn1nnc(CN)c1C(F)(F)F. The van der Waals surface area contributed by atoms with Crippen LogP contribution in [-0.4, -0.2) is 15.0 Å². The van der Waals surface area contributed by atoms with E-state index in [4.69, 9.17) is 5.73 Å². The molecule has 0 radical (unpaired) electrons. The fourth-order valence-corrected chi connectivity index (χ4v) is 0.884. The maximum absolute atomic E-state index is 12.2. The largest absolute Gasteiger partial charge is 0.434 e. The van der Waals surface area contributed by atoms with Gasteiger partial charge in [-0.25, -0.2) is 4.68 Å². The van der Waals surface area contributed by atoms with Crippen molar-refractivity contribution < 1.29 is 13.2 Å². The minimum absolute atomic E-state index is 0. The molecular formula is C5H8ClF3N4. The molecule has 4 nitrogen and oxygen atoms in total. The van der Waals surface area contributed by atoms with Gasteiger partial charge in [-0.3, -0.25) is 0 Å². The highest BCUT2D eigenvalue weighted by molar-refractivity contribution is 5.85. The molecule has 13 heavy (non-hydrogen) atoms. The Hall–Kier alpha value is -0.820. The molecule has 1 rings (SSSR count). The molecule has 0 amide bonds. The molecule has 1 aromatic heterocycles. The molecule has 76 valence electrons. The van der Waals surface area contributed by atoms with Gasteiger partial charge in [0.1, 0.15) is 5.69 Å². The van der Waals surface area contributed by atoms with Gasteiger partial charge in [0, 0.05) is 13.6 Å². The van der Waals surface area contributed by atoms with Crippen LogP contribution < -0.4 is 5.73 Å². The number of hydrogen-bond donors (Lipinski definition) is 1. The topological polar surface area (TPSA) is 56.7 Å². The first-order valence-electron chi connectivity index (χ1n) is 3.12. The molecule has 2 N–H and O–H groups in total. The van der Waals surface area contributed by atoms with Crippen LogP contribution in [-0.2, 0) is 19.8 Å². The lowest BCUT2D eigenvalue weighted by molar-refractivity contribution is -0.144. The molecule has 1 heterocycles. The summed E-state index contributed by atoms with van der Waals surface area (Å²) >= 11 is 0. The van der Waals surface area contributed by atoms with E-state index in [1.54, 1.807) is 0 Å². The zero-order valence-electron chi connectivity index (χ0n) is 6.67. The zero-order valence-corrected chi connectivity index (χ0v) is 7.48. The summed E-state index contributed by atoms with van der Waals surface area (Å²) in [7, 11) is 1.18. The third kappa shape index (κ3) is 2.31. The molecular weight excluding hydrogens is 209 g/mol. The minimum atomic E-state index is -4.44. The van der Waals surface area contributed by atoms with E-state index in [0.29, 0.717) is 4.68 Å². The fourth-order valence-electron chi connectivity index (χ4n) is 0.884. The van der Waals surface area contributed by atoms with Crippen molar-refractivity contribution in [2.24, 2.45) is 12.8 Å². The van der Waals surface area contributed by atoms with Crippen molar-refractivity contribution in [3.63, 3.8) is 0 Å². The molecule has 0 unspecified atom stereocenters. The van der Waals surface area contributed by atoms with E-state index in [2.05, 4.69) is 10.3 Å². The second kappa shape index (κ2) is 3.93. The summed E-state index contributed by atoms with van der Waals surface area (Å²) in [6, 6.07) is 0. The predicted molar refractivity (Wildman–Crippen MR) is 41.1 cm³/mol. The number of nitrogens with zero attached hydrogens (tertiary/aromatic N) is 3. The number of hydrogen-bond acceptors (Lipinski definition) is 3. The molecule has 0 aliphatic rings. The van der Waals surface area contributed by atoms with E-state index in [1.165, 1.54) is 7.05 Å². The van der Waals surface area contributed by atoms with Crippen molar-refractivity contribution in [1.29, 1.82) is 0 Å². The van der Waals surface area contributed by atoms with E-state index in [9.17, 15) is 13.2 Å². The molecule has 0 spiro atoms. The van der Waals surface area contributed by atoms with Gasteiger partial charge in [0.2, 0.25) is 0 Å². The molecule has 0 saturated carbocycles. The second-order valence-corrected chi connectivity index (χ2v) is 2.21. The summed E-state index contributed by atoms with van der Waals surface area (Å²) in [6.07, 6.45) is -4.44. The van der Waals surface area contributed by atoms with Crippen LogP contribution in [0.3, 0.4) is 0 Å². The number of nitrogens with two attached hydrogens (primary N) is 1. The van der Waals surface area contributed by atoms with Crippen LogP contribution in [0.4, 0.5) is 13.2 Å². The lowest BCUT2D eigenvalue weighted by Crippen LogP contribution is -2.15. The molecule has 0 saturated heterocycles. The number of rotatable bonds is 1. The van der Waals surface area contributed by atoms with Crippen molar-refractivity contribution in [3.8, 4) is 0 Å². The Balaban J connectivity index is 0.00000144. The molecule has 0 aliphatic carbocycles. The van der Waals surface area contributed by atoms with Gasteiger partial charge in [0.15, 0.2) is 5.69 Å². The first-order valence-corrected chi connectivity index (χ1v) is 3.12. The molecule has 0 atom stereocenters. The van der Waals surface area contributed by atoms with Crippen LogP contribution in [0.25, 0.3) is 0 Å². The van der Waals surface area contributed by atoms with Crippen LogP contribution >= 0.6 is 12.4 Å². The number of aromatic nitrogens is 3. The van der Waals surface area contributed by atoms with E-state index < -0.39 is 11.9 Å². The minimum Gasteiger partial charge on any atom is -0.325 e. The highest BCUT2D eigenvalue weighted by atomic mass is 35.5. The van der Waals surface area contributed by atoms with E-state index >= 15 is 0 Å². The van der Waals surface area contributed by atoms with Gasteiger partial charge in [0.25, 0.3) is 0 Å². The van der Waals surface area contributed by atoms with E-state index in [-0.39, 0.29) is 24.6 Å². The van der Waals surface area contributed by atoms with E-state index in [1.807, 2.05) is 0 Å². The van der Waals surface area contributed by atoms with Crippen LogP contribution in [0.15, 0.2) is 0 Å². The van der Waals surface area contributed by atoms with Crippen LogP contribution in [0.2, 0.25) is 0 Å². The third-order valence-electron chi connectivity index (χ3n) is 1.36. The van der Waals surface area contributed by atoms with Gasteiger partial charge < -0.3 is 5.73 Å². The maximum atomic E-state index is 12.2. The van der Waals surface area contributed by atoms with Crippen molar-refractivity contribution in [3.05, 3.63) is 11.4 Å². The van der Waals surface area contributed by atoms with Crippen molar-refractivity contribution in [2.45, 2.75) is 12.7 Å². The van der Waals surface area contributed by atoms with Gasteiger partial charge in [-0.2, -0.15) is 13.2 Å². The summed E-state index contributed by atoms with van der Waals surface area (Å²) in [5, 5.41) is 6.49. The van der Waals surface area contributed by atoms with Gasteiger partial charge in [-0.15, -0.1) is 17.5 Å². The van der Waals surface area contributed by atoms with Crippen LogP contribution in [0.1, 0.15) is 11.4 Å². The molecule has 0 bridgehead atoms. The van der Waals surface area contributed by atoms with Crippen molar-refractivity contribution >= 4 is 12.4 Å². The normalized spacial score (nSPS) is 11.2. The summed E-state index contributed by atoms with van der Waals surface area (Å²) in [6.45, 7) is -0.261. The molecule has 0 aliphatic heterocycles. The first-order chi connectivity index (χ1) is 5.46. The van der Waals surface area contributed by atoms with Crippen molar-refractivity contribution in [2.75, 3.05) is 0 Å². The van der Waals surface area contributed by atoms with Crippen LogP contribution in [0, 0.1) is 0 Å². The summed E-state index contributed by atoms with van der Waals surface area (Å²) in [5.41, 5.74) is 3.93. The summed E-state index contributed by atoms with van der Waals surface area (Å²) < 4.78 is 37.2. The quantitative estimate of drug-likeness (QED) is 0.753. The Kier molecular flexibility index (Phi) is 3.68. The number of aryl methyl sites for hydroxylation is 1. The van der Waals surface area contributed by atoms with Gasteiger partial charge >= 0.3 is 6.18 Å². The van der Waals surface area contributed by atoms with E-state index in [0.717, 1.165) is 0 Å². The molecule has 0 fully saturated rings. The van der Waals surface area contributed by atoms with Crippen LogP contribution in [0.5, 0.6) is 0 Å². The van der Waals surface area contributed by atoms with Gasteiger partial charge in [-0.05, 0) is 0 Å². The smallest absolute Gasteiger partial charge is 0.325 e. The highest BCUT2D eigenvalue weighted by Crippen LogP contribution is 2.30. The fraction of sp³-hybridized carbons (Fsp3) is 0.600. The Labute approximate surface area is 78.3 Å². The Morgan fingerprint density at radius 1 is 1.46 bits per heavy atom. The summed E-state index contributed by atoms with van der Waals surface area (Å²) in [5.74, 6) is 0. The number of halogens is 4. The standard InChI is InChI=1S/C5H7F3N4.ClH/c1-12-4(5(6,7)8)3(2-9)10-11-12;/h2,9H2,1H3;1H. The predicted octanol–water partition coefficient (Wildman–Crippen LogP) is 0.714. The molecule has 0 aromatic carbocycles. The lowest BCUT2D eigenvalue weighted by Gasteiger charge is -2.06. The third-order valence-corrected chi connectivity index (χ3v) is 1.36. The second-order valence-electron chi connectivity index (χ2n) is 2.21. The monoisotopic (exact) mass is 216 g/mol. The van der Waals surface area contributed by atoms with Gasteiger partial charge in [-0.1, -0.05) is 5.21 Å². The Morgan fingerprint density at radius 3 is 2.31 bits per heavy atom. The first kappa shape index (κ1) is 12.2.